The maximum absolute atomic E-state index is 12.4. The van der Waals surface area contributed by atoms with Crippen LogP contribution in [0.4, 0.5) is 0 Å². The molecule has 3 aliphatic carbocycles. The summed E-state index contributed by atoms with van der Waals surface area (Å²) in [6.07, 6.45) is 11.0. The van der Waals surface area contributed by atoms with E-state index in [9.17, 15) is 9.59 Å². The standard InChI is InChI=1S/C22H32O4S2/c23-21(15-5-8-18-20(9-15)28-18)25-11-13-1-3-14(4-2-13)12-26-22(24)17-7-6-16-10-19(17)27-16/h13-20H,1-12H2. The molecule has 0 N–H and O–H groups in total. The van der Waals surface area contributed by atoms with Crippen LogP contribution in [0.5, 0.6) is 0 Å². The number of carbonyl (C=O) groups excluding carboxylic acids is 2. The normalized spacial score (nSPS) is 44.0. The molecule has 3 saturated heterocycles. The van der Waals surface area contributed by atoms with Crippen molar-refractivity contribution >= 4 is 35.5 Å². The van der Waals surface area contributed by atoms with E-state index in [1.807, 2.05) is 23.5 Å². The van der Waals surface area contributed by atoms with Crippen molar-refractivity contribution in [1.29, 1.82) is 0 Å². The zero-order valence-corrected chi connectivity index (χ0v) is 18.2. The van der Waals surface area contributed by atoms with Gasteiger partial charge in [-0.2, -0.15) is 23.5 Å². The van der Waals surface area contributed by atoms with Gasteiger partial charge in [0.05, 0.1) is 25.0 Å². The zero-order chi connectivity index (χ0) is 19.1. The van der Waals surface area contributed by atoms with Gasteiger partial charge in [-0.05, 0) is 76.0 Å². The van der Waals surface area contributed by atoms with Gasteiger partial charge < -0.3 is 9.47 Å². The number of ether oxygens (including phenoxy) is 2. The van der Waals surface area contributed by atoms with Crippen molar-refractivity contribution in [1.82, 2.24) is 0 Å². The average molecular weight is 425 g/mol. The van der Waals surface area contributed by atoms with Gasteiger partial charge in [-0.1, -0.05) is 0 Å². The molecule has 2 bridgehead atoms. The maximum atomic E-state index is 12.4. The second-order valence-electron chi connectivity index (χ2n) is 9.59. The molecule has 6 aliphatic rings. The Hall–Kier alpha value is -0.360. The van der Waals surface area contributed by atoms with E-state index in [1.54, 1.807) is 0 Å². The molecule has 0 aromatic carbocycles. The van der Waals surface area contributed by atoms with E-state index >= 15 is 0 Å². The lowest BCUT2D eigenvalue weighted by Crippen LogP contribution is -2.43. The van der Waals surface area contributed by atoms with Crippen LogP contribution in [-0.4, -0.2) is 46.2 Å². The summed E-state index contributed by atoms with van der Waals surface area (Å²) in [7, 11) is 0. The minimum Gasteiger partial charge on any atom is -0.465 e. The Bertz CT molecular complexity index is 595. The topological polar surface area (TPSA) is 52.6 Å². The molecule has 0 spiro atoms. The molecule has 0 aromatic rings. The molecule has 0 aromatic heterocycles. The molecule has 0 radical (unpaired) electrons. The van der Waals surface area contributed by atoms with Crippen LogP contribution in [0.2, 0.25) is 0 Å². The van der Waals surface area contributed by atoms with Crippen molar-refractivity contribution in [3.8, 4) is 0 Å². The van der Waals surface area contributed by atoms with Crippen LogP contribution in [0.1, 0.15) is 64.2 Å². The Morgan fingerprint density at radius 3 is 1.96 bits per heavy atom. The number of carbonyl (C=O) groups is 2. The van der Waals surface area contributed by atoms with Crippen LogP contribution >= 0.6 is 23.5 Å². The van der Waals surface area contributed by atoms with Gasteiger partial charge in [-0.3, -0.25) is 9.59 Å². The summed E-state index contributed by atoms with van der Waals surface area (Å²) in [6.45, 7) is 1.18. The van der Waals surface area contributed by atoms with E-state index in [4.69, 9.17) is 9.47 Å². The lowest BCUT2D eigenvalue weighted by molar-refractivity contribution is -0.153. The number of fused-ring (bicyclic) bond motifs is 3. The quantitative estimate of drug-likeness (QED) is 0.464. The summed E-state index contributed by atoms with van der Waals surface area (Å²) >= 11 is 4.03. The fraction of sp³-hybridized carbons (Fsp3) is 0.909. The van der Waals surface area contributed by atoms with E-state index in [-0.39, 0.29) is 23.8 Å². The summed E-state index contributed by atoms with van der Waals surface area (Å²) in [5.74, 6) is 1.37. The van der Waals surface area contributed by atoms with Crippen LogP contribution in [0.25, 0.3) is 0 Å². The highest BCUT2D eigenvalue weighted by Crippen LogP contribution is 2.52. The van der Waals surface area contributed by atoms with Gasteiger partial charge in [-0.25, -0.2) is 0 Å². The molecule has 4 nitrogen and oxygen atoms in total. The van der Waals surface area contributed by atoms with Crippen molar-refractivity contribution in [3.63, 3.8) is 0 Å². The summed E-state index contributed by atoms with van der Waals surface area (Å²) in [6, 6.07) is 0. The Balaban J connectivity index is 0.969. The molecule has 3 heterocycles. The SMILES string of the molecule is O=C(OCC1CCC(COC(=O)C2CCC3CC2S3)CC1)C1CCC2SC2C1. The van der Waals surface area contributed by atoms with E-state index in [0.717, 1.165) is 60.7 Å². The molecule has 28 heavy (non-hydrogen) atoms. The first-order valence-electron chi connectivity index (χ1n) is 11.3. The predicted octanol–water partition coefficient (Wildman–Crippen LogP) is 4.45. The molecule has 6 atom stereocenters. The first kappa shape index (κ1) is 19.6. The Morgan fingerprint density at radius 2 is 1.36 bits per heavy atom. The van der Waals surface area contributed by atoms with Gasteiger partial charge in [0.15, 0.2) is 0 Å². The molecule has 6 heteroatoms. The summed E-state index contributed by atoms with van der Waals surface area (Å²) < 4.78 is 11.4. The van der Waals surface area contributed by atoms with Crippen LogP contribution in [-0.2, 0) is 19.1 Å². The van der Waals surface area contributed by atoms with Gasteiger partial charge in [0.2, 0.25) is 0 Å². The largest absolute Gasteiger partial charge is 0.465 e. The first-order chi connectivity index (χ1) is 13.7. The van der Waals surface area contributed by atoms with Gasteiger partial charge >= 0.3 is 11.9 Å². The molecule has 3 aliphatic heterocycles. The van der Waals surface area contributed by atoms with Crippen molar-refractivity contribution < 1.29 is 19.1 Å². The van der Waals surface area contributed by atoms with Gasteiger partial charge in [0.25, 0.3) is 0 Å². The molecule has 156 valence electrons. The minimum atomic E-state index is 0.0468. The third-order valence-electron chi connectivity index (χ3n) is 7.64. The smallest absolute Gasteiger partial charge is 0.310 e. The molecule has 6 rings (SSSR count). The second-order valence-corrected chi connectivity index (χ2v) is 12.6. The van der Waals surface area contributed by atoms with Crippen molar-refractivity contribution in [2.45, 2.75) is 85.2 Å². The van der Waals surface area contributed by atoms with E-state index in [1.165, 1.54) is 19.3 Å². The minimum absolute atomic E-state index is 0.0468. The summed E-state index contributed by atoms with van der Waals surface area (Å²) in [4.78, 5) is 24.7. The predicted molar refractivity (Wildman–Crippen MR) is 112 cm³/mol. The Morgan fingerprint density at radius 1 is 0.679 bits per heavy atom. The number of rotatable bonds is 6. The van der Waals surface area contributed by atoms with Crippen LogP contribution in [0, 0.1) is 23.7 Å². The number of hydrogen-bond donors (Lipinski definition) is 0. The third-order valence-corrected chi connectivity index (χ3v) is 10.8. The molecule has 3 saturated carbocycles. The molecule has 6 fully saturated rings. The fourth-order valence-corrected chi connectivity index (χ4v) is 8.30. The zero-order valence-electron chi connectivity index (χ0n) is 16.6. The van der Waals surface area contributed by atoms with E-state index in [2.05, 4.69) is 0 Å². The van der Waals surface area contributed by atoms with Crippen molar-refractivity contribution in [2.75, 3.05) is 13.2 Å². The van der Waals surface area contributed by atoms with Gasteiger partial charge in [0, 0.05) is 21.0 Å². The lowest BCUT2D eigenvalue weighted by Gasteiger charge is -2.44. The number of hydrogen-bond acceptors (Lipinski definition) is 6. The summed E-state index contributed by atoms with van der Waals surface area (Å²) in [5.41, 5.74) is 0. The maximum Gasteiger partial charge on any atom is 0.310 e. The Labute approximate surface area is 176 Å². The van der Waals surface area contributed by atoms with Crippen molar-refractivity contribution in [2.24, 2.45) is 23.7 Å². The molecular formula is C22H32O4S2. The third kappa shape index (κ3) is 4.38. The highest BCUT2D eigenvalue weighted by Gasteiger charge is 2.46. The lowest BCUT2D eigenvalue weighted by atomic mass is 9.82. The molecule has 6 unspecified atom stereocenters. The number of esters is 2. The van der Waals surface area contributed by atoms with Gasteiger partial charge in [-0.15, -0.1) is 0 Å². The second kappa shape index (κ2) is 8.41. The van der Waals surface area contributed by atoms with Crippen LogP contribution < -0.4 is 0 Å². The molecular weight excluding hydrogens is 392 g/mol. The van der Waals surface area contributed by atoms with E-state index in [0.29, 0.717) is 30.3 Å². The molecule has 0 amide bonds. The number of thioether (sulfide) groups is 2. The average Bonchev–Trinajstić information content (AvgIpc) is 3.49. The van der Waals surface area contributed by atoms with E-state index < -0.39 is 0 Å². The van der Waals surface area contributed by atoms with Crippen LogP contribution in [0.15, 0.2) is 0 Å². The van der Waals surface area contributed by atoms with Crippen molar-refractivity contribution in [3.05, 3.63) is 0 Å². The highest BCUT2D eigenvalue weighted by molar-refractivity contribution is 8.07. The Kier molecular flexibility index (Phi) is 5.88. The van der Waals surface area contributed by atoms with Gasteiger partial charge in [0.1, 0.15) is 0 Å². The first-order valence-corrected chi connectivity index (χ1v) is 13.2. The highest BCUT2D eigenvalue weighted by atomic mass is 32.2. The summed E-state index contributed by atoms with van der Waals surface area (Å²) in [5, 5.41) is 2.93. The monoisotopic (exact) mass is 424 g/mol. The fourth-order valence-electron chi connectivity index (χ4n) is 5.57. The van der Waals surface area contributed by atoms with Crippen LogP contribution in [0.3, 0.4) is 0 Å².